The fourth-order valence-electron chi connectivity index (χ4n) is 1.64. The predicted molar refractivity (Wildman–Crippen MR) is 72.4 cm³/mol. The van der Waals surface area contributed by atoms with E-state index in [0.29, 0.717) is 0 Å². The molecule has 1 N–H and O–H groups in total. The largest absolute Gasteiger partial charge is 0.478 e. The Labute approximate surface area is 110 Å². The van der Waals surface area contributed by atoms with Crippen LogP contribution in [0.25, 0.3) is 16.8 Å². The van der Waals surface area contributed by atoms with Crippen LogP contribution in [0.4, 0.5) is 4.39 Å². The van der Waals surface area contributed by atoms with Crippen LogP contribution in [-0.2, 0) is 4.79 Å². The second-order valence-corrected chi connectivity index (χ2v) is 3.88. The fourth-order valence-corrected chi connectivity index (χ4v) is 1.64. The van der Waals surface area contributed by atoms with Crippen LogP contribution in [0.1, 0.15) is 12.5 Å². The van der Waals surface area contributed by atoms with Gasteiger partial charge in [-0.15, -0.1) is 12.4 Å². The maximum atomic E-state index is 13.0. The lowest BCUT2D eigenvalue weighted by molar-refractivity contribution is -0.132. The van der Waals surface area contributed by atoms with Gasteiger partial charge in [-0.2, -0.15) is 0 Å². The fraction of sp³-hybridized carbons (Fsp3) is 0.0714. The molecule has 0 heterocycles. The van der Waals surface area contributed by atoms with Crippen molar-refractivity contribution in [1.82, 2.24) is 0 Å². The molecule has 2 aromatic rings. The lowest BCUT2D eigenvalue weighted by atomic mass is 10.1. The third-order valence-electron chi connectivity index (χ3n) is 2.55. The molecule has 0 spiro atoms. The first-order valence-electron chi connectivity index (χ1n) is 5.17. The molecule has 18 heavy (non-hydrogen) atoms. The van der Waals surface area contributed by atoms with Crippen LogP contribution in [-0.4, -0.2) is 11.1 Å². The summed E-state index contributed by atoms with van der Waals surface area (Å²) in [7, 11) is 0. The normalized spacial score (nSPS) is 11.1. The molecule has 0 aliphatic heterocycles. The van der Waals surface area contributed by atoms with E-state index < -0.39 is 5.97 Å². The monoisotopic (exact) mass is 266 g/mol. The van der Waals surface area contributed by atoms with Crippen molar-refractivity contribution in [1.29, 1.82) is 0 Å². The van der Waals surface area contributed by atoms with Gasteiger partial charge in [0.05, 0.1) is 0 Å². The number of halogens is 2. The number of carboxylic acids is 1. The number of fused-ring (bicyclic) bond motifs is 1. The average molecular weight is 267 g/mol. The Morgan fingerprint density at radius 3 is 2.44 bits per heavy atom. The quantitative estimate of drug-likeness (QED) is 0.838. The number of rotatable bonds is 2. The highest BCUT2D eigenvalue weighted by atomic mass is 35.5. The minimum absolute atomic E-state index is 0. The summed E-state index contributed by atoms with van der Waals surface area (Å²) in [4.78, 5) is 10.7. The van der Waals surface area contributed by atoms with E-state index in [1.165, 1.54) is 19.1 Å². The second-order valence-electron chi connectivity index (χ2n) is 3.88. The summed E-state index contributed by atoms with van der Waals surface area (Å²) in [5.41, 5.74) is 1.07. The summed E-state index contributed by atoms with van der Waals surface area (Å²) in [6.45, 7) is 1.54. The van der Waals surface area contributed by atoms with Crippen molar-refractivity contribution in [2.75, 3.05) is 0 Å². The maximum absolute atomic E-state index is 13.0. The molecule has 0 unspecified atom stereocenters. The van der Waals surface area contributed by atoms with E-state index in [2.05, 4.69) is 0 Å². The van der Waals surface area contributed by atoms with Gasteiger partial charge in [-0.05, 0) is 47.5 Å². The maximum Gasteiger partial charge on any atom is 0.331 e. The second kappa shape index (κ2) is 5.65. The van der Waals surface area contributed by atoms with Crippen molar-refractivity contribution < 1.29 is 14.3 Å². The zero-order chi connectivity index (χ0) is 12.4. The third kappa shape index (κ3) is 3.08. The molecule has 94 valence electrons. The summed E-state index contributed by atoms with van der Waals surface area (Å²) in [5, 5.41) is 10.5. The molecule has 4 heteroatoms. The molecule has 0 radical (unpaired) electrons. The SMILES string of the molecule is CC(=Cc1ccc2cc(F)ccc2c1)C(=O)O.Cl. The van der Waals surface area contributed by atoms with Crippen LogP contribution < -0.4 is 0 Å². The highest BCUT2D eigenvalue weighted by Gasteiger charge is 2.01. The first-order chi connectivity index (χ1) is 8.06. The van der Waals surface area contributed by atoms with Crippen LogP contribution >= 0.6 is 12.4 Å². The standard InChI is InChI=1S/C14H11FO2.ClH/c1-9(14(16)17)6-10-2-3-12-8-13(15)5-4-11(12)7-10;/h2-8H,1H3,(H,16,17);1H. The number of hydrogen-bond donors (Lipinski definition) is 1. The smallest absolute Gasteiger partial charge is 0.331 e. The van der Waals surface area contributed by atoms with Gasteiger partial charge in [0.15, 0.2) is 0 Å². The molecule has 0 aliphatic carbocycles. The van der Waals surface area contributed by atoms with E-state index in [9.17, 15) is 9.18 Å². The number of carboxylic acid groups (broad SMARTS) is 1. The average Bonchev–Trinajstić information content (AvgIpc) is 2.29. The van der Waals surface area contributed by atoms with Crippen LogP contribution in [0.3, 0.4) is 0 Å². The number of hydrogen-bond acceptors (Lipinski definition) is 1. The van der Waals surface area contributed by atoms with E-state index in [-0.39, 0.29) is 23.8 Å². The molecule has 2 nitrogen and oxygen atoms in total. The molecule has 0 bridgehead atoms. The van der Waals surface area contributed by atoms with Crippen molar-refractivity contribution >= 4 is 35.2 Å². The number of carbonyl (C=O) groups is 1. The summed E-state index contributed by atoms with van der Waals surface area (Å²) in [6.07, 6.45) is 1.59. The van der Waals surface area contributed by atoms with Gasteiger partial charge in [-0.1, -0.05) is 18.2 Å². The molecule has 0 atom stereocenters. The van der Waals surface area contributed by atoms with Crippen LogP contribution in [0, 0.1) is 5.82 Å². The summed E-state index contributed by atoms with van der Waals surface area (Å²) < 4.78 is 13.0. The van der Waals surface area contributed by atoms with Crippen molar-refractivity contribution in [3.8, 4) is 0 Å². The molecule has 2 aromatic carbocycles. The Bertz CT molecular complexity index is 620. The summed E-state index contributed by atoms with van der Waals surface area (Å²) >= 11 is 0. The van der Waals surface area contributed by atoms with Crippen molar-refractivity contribution in [3.05, 3.63) is 53.4 Å². The van der Waals surface area contributed by atoms with Gasteiger partial charge in [0.1, 0.15) is 5.82 Å². The summed E-state index contributed by atoms with van der Waals surface area (Å²) in [5.74, 6) is -1.22. The molecule has 0 saturated carbocycles. The first kappa shape index (κ1) is 14.2. The van der Waals surface area contributed by atoms with E-state index in [1.54, 1.807) is 24.3 Å². The first-order valence-corrected chi connectivity index (χ1v) is 5.17. The Balaban J connectivity index is 0.00000162. The molecular weight excluding hydrogens is 255 g/mol. The highest BCUT2D eigenvalue weighted by Crippen LogP contribution is 2.19. The number of aliphatic carboxylic acids is 1. The molecule has 0 amide bonds. The van der Waals surface area contributed by atoms with Gasteiger partial charge in [-0.25, -0.2) is 9.18 Å². The van der Waals surface area contributed by atoms with Gasteiger partial charge in [0, 0.05) is 5.57 Å². The summed E-state index contributed by atoms with van der Waals surface area (Å²) in [6, 6.07) is 9.90. The van der Waals surface area contributed by atoms with Crippen LogP contribution in [0.15, 0.2) is 42.0 Å². The molecule has 0 aromatic heterocycles. The van der Waals surface area contributed by atoms with E-state index in [4.69, 9.17) is 5.11 Å². The van der Waals surface area contributed by atoms with E-state index in [0.717, 1.165) is 16.3 Å². The Morgan fingerprint density at radius 2 is 1.78 bits per heavy atom. The van der Waals surface area contributed by atoms with Crippen molar-refractivity contribution in [3.63, 3.8) is 0 Å². The Kier molecular flexibility index (Phi) is 4.45. The van der Waals surface area contributed by atoms with Crippen molar-refractivity contribution in [2.45, 2.75) is 6.92 Å². The molecule has 0 fully saturated rings. The molecular formula is C14H12ClFO2. The number of benzene rings is 2. The lowest BCUT2D eigenvalue weighted by Gasteiger charge is -2.01. The van der Waals surface area contributed by atoms with E-state index in [1.807, 2.05) is 6.07 Å². The lowest BCUT2D eigenvalue weighted by Crippen LogP contribution is -1.95. The van der Waals surface area contributed by atoms with Crippen LogP contribution in [0.5, 0.6) is 0 Å². The molecule has 0 aliphatic rings. The van der Waals surface area contributed by atoms with Gasteiger partial charge in [0.2, 0.25) is 0 Å². The highest BCUT2D eigenvalue weighted by molar-refractivity contribution is 5.93. The van der Waals surface area contributed by atoms with Gasteiger partial charge in [-0.3, -0.25) is 0 Å². The van der Waals surface area contributed by atoms with Gasteiger partial charge >= 0.3 is 5.97 Å². The Morgan fingerprint density at radius 1 is 1.17 bits per heavy atom. The molecule has 0 saturated heterocycles. The topological polar surface area (TPSA) is 37.3 Å². The van der Waals surface area contributed by atoms with E-state index >= 15 is 0 Å². The minimum atomic E-state index is -0.941. The minimum Gasteiger partial charge on any atom is -0.478 e. The van der Waals surface area contributed by atoms with Crippen molar-refractivity contribution in [2.24, 2.45) is 0 Å². The zero-order valence-corrected chi connectivity index (χ0v) is 10.5. The predicted octanol–water partition coefficient (Wildman–Crippen LogP) is 3.89. The Hall–Kier alpha value is -1.87. The van der Waals surface area contributed by atoms with Gasteiger partial charge < -0.3 is 5.11 Å². The van der Waals surface area contributed by atoms with Crippen LogP contribution in [0.2, 0.25) is 0 Å². The molecule has 2 rings (SSSR count). The third-order valence-corrected chi connectivity index (χ3v) is 2.55. The zero-order valence-electron chi connectivity index (χ0n) is 9.68. The van der Waals surface area contributed by atoms with Gasteiger partial charge in [0.25, 0.3) is 0 Å².